The van der Waals surface area contributed by atoms with Gasteiger partial charge in [0.1, 0.15) is 0 Å². The summed E-state index contributed by atoms with van der Waals surface area (Å²) in [6, 6.07) is 1.85. The number of piperidine rings is 1. The van der Waals surface area contributed by atoms with Crippen LogP contribution >= 0.6 is 12.4 Å². The highest BCUT2D eigenvalue weighted by molar-refractivity contribution is 5.85. The van der Waals surface area contributed by atoms with Gasteiger partial charge in [0.05, 0.1) is 6.61 Å². The first-order chi connectivity index (χ1) is 11.7. The summed E-state index contributed by atoms with van der Waals surface area (Å²) in [5.74, 6) is 1.83. The monoisotopic (exact) mass is 369 g/mol. The molecule has 1 aromatic rings. The molecule has 8 heteroatoms. The molecule has 0 saturated carbocycles. The lowest BCUT2D eigenvalue weighted by Crippen LogP contribution is -2.51. The van der Waals surface area contributed by atoms with Crippen LogP contribution in [-0.4, -0.2) is 66.7 Å². The van der Waals surface area contributed by atoms with Crippen LogP contribution in [0.3, 0.4) is 0 Å². The highest BCUT2D eigenvalue weighted by atomic mass is 35.5. The van der Waals surface area contributed by atoms with Crippen LogP contribution < -0.4 is 15.0 Å². The number of piperazine rings is 1. The summed E-state index contributed by atoms with van der Waals surface area (Å²) in [4.78, 5) is 25.8. The van der Waals surface area contributed by atoms with Gasteiger partial charge in [-0.3, -0.25) is 4.79 Å². The van der Waals surface area contributed by atoms with Crippen molar-refractivity contribution in [2.45, 2.75) is 26.7 Å². The van der Waals surface area contributed by atoms with Gasteiger partial charge in [-0.25, -0.2) is 4.98 Å². The zero-order valence-corrected chi connectivity index (χ0v) is 15.8. The Bertz CT molecular complexity index is 572. The number of halogens is 1. The van der Waals surface area contributed by atoms with Gasteiger partial charge in [-0.05, 0) is 39.8 Å². The molecular formula is C17H28ClN5O2. The van der Waals surface area contributed by atoms with E-state index in [9.17, 15) is 4.79 Å². The van der Waals surface area contributed by atoms with Gasteiger partial charge in [-0.15, -0.1) is 12.4 Å². The smallest absolute Gasteiger partial charge is 0.228 e. The lowest BCUT2D eigenvalue weighted by molar-refractivity contribution is -0.136. The summed E-state index contributed by atoms with van der Waals surface area (Å²) in [5, 5.41) is 3.31. The van der Waals surface area contributed by atoms with E-state index in [1.54, 1.807) is 0 Å². The van der Waals surface area contributed by atoms with Gasteiger partial charge in [-0.2, -0.15) is 4.98 Å². The van der Waals surface area contributed by atoms with E-state index in [4.69, 9.17) is 4.74 Å². The average molecular weight is 370 g/mol. The zero-order valence-electron chi connectivity index (χ0n) is 15.0. The number of ether oxygens (including phenoxy) is 1. The zero-order chi connectivity index (χ0) is 16.9. The van der Waals surface area contributed by atoms with Crippen LogP contribution in [0, 0.1) is 12.8 Å². The van der Waals surface area contributed by atoms with E-state index in [0.29, 0.717) is 24.3 Å². The normalized spacial score (nSPS) is 18.6. The molecule has 1 N–H and O–H groups in total. The number of aryl methyl sites for hydroxylation is 1. The fraction of sp³-hybridized carbons (Fsp3) is 0.706. The van der Waals surface area contributed by atoms with Crippen LogP contribution in [0.25, 0.3) is 0 Å². The van der Waals surface area contributed by atoms with Gasteiger partial charge >= 0.3 is 0 Å². The molecule has 0 spiro atoms. The van der Waals surface area contributed by atoms with Crippen LogP contribution in [0.2, 0.25) is 0 Å². The third kappa shape index (κ3) is 4.95. The highest BCUT2D eigenvalue weighted by Crippen LogP contribution is 2.20. The molecule has 140 valence electrons. The maximum absolute atomic E-state index is 12.6. The van der Waals surface area contributed by atoms with Crippen LogP contribution in [0.1, 0.15) is 25.5 Å². The van der Waals surface area contributed by atoms with Crippen molar-refractivity contribution in [2.24, 2.45) is 5.92 Å². The molecule has 2 aliphatic heterocycles. The maximum atomic E-state index is 12.6. The first-order valence-corrected chi connectivity index (χ1v) is 8.90. The molecule has 7 nitrogen and oxygen atoms in total. The predicted molar refractivity (Wildman–Crippen MR) is 99.6 cm³/mol. The van der Waals surface area contributed by atoms with Crippen LogP contribution in [0.15, 0.2) is 6.07 Å². The molecule has 0 radical (unpaired) electrons. The van der Waals surface area contributed by atoms with E-state index in [-0.39, 0.29) is 18.3 Å². The number of rotatable bonds is 4. The van der Waals surface area contributed by atoms with Crippen LogP contribution in [-0.2, 0) is 4.79 Å². The third-order valence-corrected chi connectivity index (χ3v) is 4.67. The molecule has 0 atom stereocenters. The Labute approximate surface area is 155 Å². The standard InChI is InChI=1S/C17H27N5O2.ClH/c1-3-24-15-12-13(2)19-17(20-15)22-10-8-21(9-11-22)16(23)14-4-6-18-7-5-14;/h12,14,18H,3-11H2,1-2H3;1H. The lowest BCUT2D eigenvalue weighted by Gasteiger charge is -2.37. The van der Waals surface area contributed by atoms with Gasteiger partial charge < -0.3 is 19.9 Å². The van der Waals surface area contributed by atoms with Crippen molar-refractivity contribution in [1.29, 1.82) is 0 Å². The largest absolute Gasteiger partial charge is 0.478 e. The van der Waals surface area contributed by atoms with Crippen LogP contribution in [0.4, 0.5) is 5.95 Å². The third-order valence-electron chi connectivity index (χ3n) is 4.67. The predicted octanol–water partition coefficient (Wildman–Crippen LogP) is 1.25. The number of carbonyl (C=O) groups is 1. The Morgan fingerprint density at radius 3 is 2.56 bits per heavy atom. The second-order valence-electron chi connectivity index (χ2n) is 6.42. The number of nitrogens with zero attached hydrogens (tertiary/aromatic N) is 4. The molecule has 1 amide bonds. The Balaban J connectivity index is 0.00000225. The molecule has 3 heterocycles. The van der Waals surface area contributed by atoms with E-state index < -0.39 is 0 Å². The Morgan fingerprint density at radius 1 is 1.24 bits per heavy atom. The minimum Gasteiger partial charge on any atom is -0.478 e. The number of hydrogen-bond acceptors (Lipinski definition) is 6. The summed E-state index contributed by atoms with van der Waals surface area (Å²) in [7, 11) is 0. The van der Waals surface area contributed by atoms with Crippen molar-refractivity contribution in [1.82, 2.24) is 20.2 Å². The SMILES string of the molecule is CCOc1cc(C)nc(N2CCN(C(=O)C3CCNCC3)CC2)n1.Cl. The van der Waals surface area contributed by atoms with E-state index in [2.05, 4.69) is 20.2 Å². The molecule has 1 aromatic heterocycles. The second kappa shape index (κ2) is 9.20. The van der Waals surface area contributed by atoms with E-state index in [1.165, 1.54) is 0 Å². The van der Waals surface area contributed by atoms with Crippen molar-refractivity contribution in [3.63, 3.8) is 0 Å². The lowest BCUT2D eigenvalue weighted by atomic mass is 9.96. The molecular weight excluding hydrogens is 342 g/mol. The van der Waals surface area contributed by atoms with Gasteiger partial charge in [0.25, 0.3) is 0 Å². The number of carbonyl (C=O) groups excluding carboxylic acids is 1. The van der Waals surface area contributed by atoms with Crippen molar-refractivity contribution < 1.29 is 9.53 Å². The summed E-state index contributed by atoms with van der Waals surface area (Å²) >= 11 is 0. The first kappa shape index (κ1) is 19.7. The Morgan fingerprint density at radius 2 is 1.92 bits per heavy atom. The molecule has 0 aromatic carbocycles. The molecule has 0 bridgehead atoms. The minimum absolute atomic E-state index is 0. The molecule has 0 unspecified atom stereocenters. The Kier molecular flexibility index (Phi) is 7.25. The molecule has 2 aliphatic rings. The Hall–Kier alpha value is -1.60. The molecule has 0 aliphatic carbocycles. The second-order valence-corrected chi connectivity index (χ2v) is 6.42. The van der Waals surface area contributed by atoms with E-state index >= 15 is 0 Å². The molecule has 2 fully saturated rings. The number of hydrogen-bond donors (Lipinski definition) is 1. The van der Waals surface area contributed by atoms with Gasteiger partial charge in [0, 0.05) is 43.9 Å². The number of anilines is 1. The number of nitrogens with one attached hydrogen (secondary N) is 1. The van der Waals surface area contributed by atoms with Gasteiger partial charge in [-0.1, -0.05) is 0 Å². The fourth-order valence-electron chi connectivity index (χ4n) is 3.34. The molecule has 3 rings (SSSR count). The number of amides is 1. The van der Waals surface area contributed by atoms with Crippen molar-refractivity contribution in [2.75, 3.05) is 50.8 Å². The van der Waals surface area contributed by atoms with E-state index in [0.717, 1.165) is 57.8 Å². The summed E-state index contributed by atoms with van der Waals surface area (Å²) < 4.78 is 5.51. The first-order valence-electron chi connectivity index (χ1n) is 8.90. The van der Waals surface area contributed by atoms with Gasteiger partial charge in [0.2, 0.25) is 17.7 Å². The topological polar surface area (TPSA) is 70.6 Å². The highest BCUT2D eigenvalue weighted by Gasteiger charge is 2.29. The van der Waals surface area contributed by atoms with Crippen LogP contribution in [0.5, 0.6) is 5.88 Å². The maximum Gasteiger partial charge on any atom is 0.228 e. The number of aromatic nitrogens is 2. The van der Waals surface area contributed by atoms with Crippen molar-refractivity contribution in [3.05, 3.63) is 11.8 Å². The summed E-state index contributed by atoms with van der Waals surface area (Å²) in [6.07, 6.45) is 1.91. The fourth-order valence-corrected chi connectivity index (χ4v) is 3.34. The van der Waals surface area contributed by atoms with E-state index in [1.807, 2.05) is 24.8 Å². The average Bonchev–Trinajstić information content (AvgIpc) is 2.62. The van der Waals surface area contributed by atoms with Gasteiger partial charge in [0.15, 0.2) is 0 Å². The summed E-state index contributed by atoms with van der Waals surface area (Å²) in [5.41, 5.74) is 0.900. The van der Waals surface area contributed by atoms with Crippen molar-refractivity contribution >= 4 is 24.3 Å². The molecule has 25 heavy (non-hydrogen) atoms. The molecule has 2 saturated heterocycles. The quantitative estimate of drug-likeness (QED) is 0.861. The minimum atomic E-state index is 0. The van der Waals surface area contributed by atoms with Crippen molar-refractivity contribution in [3.8, 4) is 5.88 Å². The summed E-state index contributed by atoms with van der Waals surface area (Å²) in [6.45, 7) is 9.41.